The Hall–Kier alpha value is -2.49. The smallest absolute Gasteiger partial charge is 0.306 e. The maximum Gasteiger partial charge on any atom is 0.306 e. The molecule has 0 aliphatic heterocycles. The number of carbonyl (C=O) groups is 1. The summed E-state index contributed by atoms with van der Waals surface area (Å²) in [4.78, 5) is 11.8. The number of esters is 1. The van der Waals surface area contributed by atoms with Gasteiger partial charge in [-0.15, -0.1) is 0 Å². The first kappa shape index (κ1) is 16.9. The summed E-state index contributed by atoms with van der Waals surface area (Å²) in [7, 11) is 3.21. The molecule has 0 aromatic heterocycles. The van der Waals surface area contributed by atoms with Crippen molar-refractivity contribution in [1.29, 1.82) is 0 Å². The molecule has 0 radical (unpaired) electrons. The van der Waals surface area contributed by atoms with Crippen molar-refractivity contribution >= 4 is 5.97 Å². The Morgan fingerprint density at radius 2 is 1.61 bits per heavy atom. The lowest BCUT2D eigenvalue weighted by molar-refractivity contribution is -0.143. The number of carbonyl (C=O) groups excluding carboxylic acids is 1. The number of ether oxygens (including phenoxy) is 3. The van der Waals surface area contributed by atoms with Gasteiger partial charge in [-0.25, -0.2) is 0 Å². The fraction of sp³-hybridized carbons (Fsp3) is 0.316. The SMILES string of the molecule is COc1ccc(CCOC(=O)CCc2ccccc2)cc1OC. The molecule has 0 heterocycles. The van der Waals surface area contributed by atoms with Crippen LogP contribution in [0.15, 0.2) is 48.5 Å². The minimum Gasteiger partial charge on any atom is -0.493 e. The van der Waals surface area contributed by atoms with E-state index >= 15 is 0 Å². The molecule has 23 heavy (non-hydrogen) atoms. The molecule has 0 atom stereocenters. The van der Waals surface area contributed by atoms with Gasteiger partial charge in [-0.3, -0.25) is 4.79 Å². The van der Waals surface area contributed by atoms with Gasteiger partial charge in [0, 0.05) is 12.8 Å². The van der Waals surface area contributed by atoms with E-state index in [9.17, 15) is 4.79 Å². The van der Waals surface area contributed by atoms with Gasteiger partial charge in [-0.05, 0) is 29.7 Å². The molecule has 0 aliphatic rings. The number of hydrogen-bond acceptors (Lipinski definition) is 4. The Labute approximate surface area is 137 Å². The van der Waals surface area contributed by atoms with Gasteiger partial charge >= 0.3 is 5.97 Å². The standard InChI is InChI=1S/C19H22O4/c1-21-17-10-8-16(14-18(17)22-2)12-13-23-19(20)11-9-15-6-4-3-5-7-15/h3-8,10,14H,9,11-13H2,1-2H3. The first-order valence-electron chi connectivity index (χ1n) is 7.63. The second-order valence-corrected chi connectivity index (χ2v) is 5.15. The van der Waals surface area contributed by atoms with Crippen molar-refractivity contribution in [3.05, 3.63) is 59.7 Å². The summed E-state index contributed by atoms with van der Waals surface area (Å²) in [5, 5.41) is 0. The Kier molecular flexibility index (Phi) is 6.48. The largest absolute Gasteiger partial charge is 0.493 e. The molecule has 4 heteroatoms. The molecular formula is C19H22O4. The van der Waals surface area contributed by atoms with Crippen molar-refractivity contribution in [3.8, 4) is 11.5 Å². The van der Waals surface area contributed by atoms with Gasteiger partial charge in [0.15, 0.2) is 11.5 Å². The van der Waals surface area contributed by atoms with Crippen LogP contribution in [-0.4, -0.2) is 26.8 Å². The van der Waals surface area contributed by atoms with Crippen LogP contribution in [-0.2, 0) is 22.4 Å². The molecule has 0 bridgehead atoms. The first-order chi connectivity index (χ1) is 11.2. The molecule has 4 nitrogen and oxygen atoms in total. The van der Waals surface area contributed by atoms with Crippen molar-refractivity contribution in [2.24, 2.45) is 0 Å². The molecule has 2 rings (SSSR count). The van der Waals surface area contributed by atoms with Crippen LogP contribution in [0.2, 0.25) is 0 Å². The van der Waals surface area contributed by atoms with Crippen LogP contribution in [0.25, 0.3) is 0 Å². The van der Waals surface area contributed by atoms with Crippen LogP contribution in [0.1, 0.15) is 17.5 Å². The lowest BCUT2D eigenvalue weighted by Gasteiger charge is -2.10. The molecule has 0 N–H and O–H groups in total. The fourth-order valence-corrected chi connectivity index (χ4v) is 2.28. The predicted molar refractivity (Wildman–Crippen MR) is 89.0 cm³/mol. The van der Waals surface area contributed by atoms with E-state index < -0.39 is 0 Å². The van der Waals surface area contributed by atoms with E-state index in [2.05, 4.69) is 0 Å². The molecule has 0 spiro atoms. The number of aryl methyl sites for hydroxylation is 1. The molecule has 0 saturated heterocycles. The van der Waals surface area contributed by atoms with Gasteiger partial charge in [0.2, 0.25) is 0 Å². The number of benzene rings is 2. The zero-order valence-corrected chi connectivity index (χ0v) is 13.6. The first-order valence-corrected chi connectivity index (χ1v) is 7.63. The van der Waals surface area contributed by atoms with Crippen LogP contribution >= 0.6 is 0 Å². The normalized spacial score (nSPS) is 10.2. The van der Waals surface area contributed by atoms with Crippen molar-refractivity contribution < 1.29 is 19.0 Å². The Balaban J connectivity index is 1.75. The lowest BCUT2D eigenvalue weighted by atomic mass is 10.1. The molecule has 2 aromatic carbocycles. The molecular weight excluding hydrogens is 292 g/mol. The minimum atomic E-state index is -0.172. The molecule has 0 saturated carbocycles. The third-order valence-electron chi connectivity index (χ3n) is 3.56. The van der Waals surface area contributed by atoms with E-state index in [0.717, 1.165) is 11.1 Å². The van der Waals surface area contributed by atoms with Gasteiger partial charge in [-0.2, -0.15) is 0 Å². The van der Waals surface area contributed by atoms with Crippen LogP contribution in [0.4, 0.5) is 0 Å². The van der Waals surface area contributed by atoms with Crippen LogP contribution in [0.5, 0.6) is 11.5 Å². The van der Waals surface area contributed by atoms with E-state index in [4.69, 9.17) is 14.2 Å². The van der Waals surface area contributed by atoms with Crippen molar-refractivity contribution in [1.82, 2.24) is 0 Å². The van der Waals surface area contributed by atoms with Gasteiger partial charge in [0.05, 0.1) is 20.8 Å². The second-order valence-electron chi connectivity index (χ2n) is 5.15. The lowest BCUT2D eigenvalue weighted by Crippen LogP contribution is -2.08. The highest BCUT2D eigenvalue weighted by molar-refractivity contribution is 5.69. The Bertz CT molecular complexity index is 623. The quantitative estimate of drug-likeness (QED) is 0.700. The monoisotopic (exact) mass is 314 g/mol. The van der Waals surface area contributed by atoms with Crippen LogP contribution in [0, 0.1) is 0 Å². The summed E-state index contributed by atoms with van der Waals surface area (Å²) in [6.45, 7) is 0.364. The highest BCUT2D eigenvalue weighted by Gasteiger charge is 2.07. The summed E-state index contributed by atoms with van der Waals surface area (Å²) in [5.41, 5.74) is 2.18. The molecule has 0 unspecified atom stereocenters. The average Bonchev–Trinajstić information content (AvgIpc) is 2.60. The van der Waals surface area contributed by atoms with E-state index in [1.54, 1.807) is 14.2 Å². The van der Waals surface area contributed by atoms with E-state index in [1.165, 1.54) is 0 Å². The molecule has 0 fully saturated rings. The summed E-state index contributed by atoms with van der Waals surface area (Å²) < 4.78 is 15.7. The summed E-state index contributed by atoms with van der Waals surface area (Å²) in [6, 6.07) is 15.6. The van der Waals surface area contributed by atoms with Gasteiger partial charge in [0.25, 0.3) is 0 Å². The van der Waals surface area contributed by atoms with Gasteiger partial charge in [-0.1, -0.05) is 36.4 Å². The number of rotatable bonds is 8. The predicted octanol–water partition coefficient (Wildman–Crippen LogP) is 3.42. The van der Waals surface area contributed by atoms with Crippen LogP contribution < -0.4 is 9.47 Å². The average molecular weight is 314 g/mol. The van der Waals surface area contributed by atoms with E-state index in [0.29, 0.717) is 37.4 Å². The van der Waals surface area contributed by atoms with E-state index in [1.807, 2.05) is 48.5 Å². The highest BCUT2D eigenvalue weighted by atomic mass is 16.5. The number of methoxy groups -OCH3 is 2. The third-order valence-corrected chi connectivity index (χ3v) is 3.56. The van der Waals surface area contributed by atoms with E-state index in [-0.39, 0.29) is 5.97 Å². The highest BCUT2D eigenvalue weighted by Crippen LogP contribution is 2.27. The molecule has 2 aromatic rings. The number of hydrogen-bond donors (Lipinski definition) is 0. The topological polar surface area (TPSA) is 44.8 Å². The molecule has 122 valence electrons. The second kappa shape index (κ2) is 8.83. The summed E-state index contributed by atoms with van der Waals surface area (Å²) >= 11 is 0. The van der Waals surface area contributed by atoms with Crippen molar-refractivity contribution in [2.75, 3.05) is 20.8 Å². The Morgan fingerprint density at radius 1 is 0.870 bits per heavy atom. The third kappa shape index (κ3) is 5.33. The van der Waals surface area contributed by atoms with Gasteiger partial charge < -0.3 is 14.2 Å². The maximum atomic E-state index is 11.8. The minimum absolute atomic E-state index is 0.172. The fourth-order valence-electron chi connectivity index (χ4n) is 2.28. The van der Waals surface area contributed by atoms with Crippen molar-refractivity contribution in [3.63, 3.8) is 0 Å². The molecule has 0 amide bonds. The Morgan fingerprint density at radius 3 is 2.30 bits per heavy atom. The van der Waals surface area contributed by atoms with Crippen LogP contribution in [0.3, 0.4) is 0 Å². The zero-order chi connectivity index (χ0) is 16.5. The molecule has 0 aliphatic carbocycles. The van der Waals surface area contributed by atoms with Gasteiger partial charge in [0.1, 0.15) is 0 Å². The van der Waals surface area contributed by atoms with Crippen molar-refractivity contribution in [2.45, 2.75) is 19.3 Å². The maximum absolute atomic E-state index is 11.8. The summed E-state index contributed by atoms with van der Waals surface area (Å²) in [6.07, 6.45) is 1.75. The summed E-state index contributed by atoms with van der Waals surface area (Å²) in [5.74, 6) is 1.20. The zero-order valence-electron chi connectivity index (χ0n) is 13.6.